The van der Waals surface area contributed by atoms with Gasteiger partial charge in [0.2, 0.25) is 11.7 Å². The molecule has 0 aliphatic heterocycles. The molecular formula is C25H22N4O6. The standard InChI is InChI=1S/C25H22N4O6/c1-3-33-20-11-10-16(13-21(20)32-2)23-26-22(35-27-23)15-28-19-9-5-4-8-18(19)24(30)29(25(28)31)14-17-7-6-12-34-17/h4-13H,3,14-15H2,1-2H3. The fourth-order valence-electron chi connectivity index (χ4n) is 3.87. The number of hydrogen-bond donors (Lipinski definition) is 0. The van der Waals surface area contributed by atoms with Crippen molar-refractivity contribution in [2.45, 2.75) is 20.0 Å². The Kier molecular flexibility index (Phi) is 5.92. The Morgan fingerprint density at radius 3 is 2.60 bits per heavy atom. The molecule has 0 saturated carbocycles. The van der Waals surface area contributed by atoms with Crippen LogP contribution in [-0.2, 0) is 13.1 Å². The maximum atomic E-state index is 13.4. The smallest absolute Gasteiger partial charge is 0.332 e. The molecule has 0 bridgehead atoms. The van der Waals surface area contributed by atoms with E-state index in [0.29, 0.717) is 46.2 Å². The highest BCUT2D eigenvalue weighted by molar-refractivity contribution is 5.77. The monoisotopic (exact) mass is 474 g/mol. The second-order valence-corrected chi connectivity index (χ2v) is 7.67. The Balaban J connectivity index is 1.53. The van der Waals surface area contributed by atoms with Crippen molar-refractivity contribution in [2.24, 2.45) is 0 Å². The molecule has 2 aromatic carbocycles. The summed E-state index contributed by atoms with van der Waals surface area (Å²) in [6, 6.07) is 15.6. The van der Waals surface area contributed by atoms with Gasteiger partial charge in [-0.2, -0.15) is 4.98 Å². The first-order valence-electron chi connectivity index (χ1n) is 11.0. The van der Waals surface area contributed by atoms with Crippen LogP contribution in [0.1, 0.15) is 18.6 Å². The molecule has 10 nitrogen and oxygen atoms in total. The number of aromatic nitrogens is 4. The van der Waals surface area contributed by atoms with E-state index in [1.807, 2.05) is 6.92 Å². The molecule has 0 spiro atoms. The van der Waals surface area contributed by atoms with Gasteiger partial charge in [0, 0.05) is 5.56 Å². The zero-order chi connectivity index (χ0) is 24.4. The van der Waals surface area contributed by atoms with Crippen molar-refractivity contribution in [3.8, 4) is 22.9 Å². The third kappa shape index (κ3) is 4.21. The summed E-state index contributed by atoms with van der Waals surface area (Å²) in [6.07, 6.45) is 1.50. The minimum Gasteiger partial charge on any atom is -0.493 e. The van der Waals surface area contributed by atoms with Crippen LogP contribution in [0.2, 0.25) is 0 Å². The van der Waals surface area contributed by atoms with Gasteiger partial charge in [-0.1, -0.05) is 17.3 Å². The third-order valence-corrected chi connectivity index (χ3v) is 5.51. The Bertz CT molecular complexity index is 1600. The molecule has 35 heavy (non-hydrogen) atoms. The van der Waals surface area contributed by atoms with Crippen molar-refractivity contribution in [3.63, 3.8) is 0 Å². The molecule has 0 aliphatic rings. The first kappa shape index (κ1) is 22.2. The molecule has 0 unspecified atom stereocenters. The molecule has 0 N–H and O–H groups in total. The van der Waals surface area contributed by atoms with Crippen LogP contribution < -0.4 is 20.7 Å². The molecule has 3 heterocycles. The van der Waals surface area contributed by atoms with Crippen LogP contribution in [0.5, 0.6) is 11.5 Å². The van der Waals surface area contributed by atoms with Crippen molar-refractivity contribution in [1.29, 1.82) is 0 Å². The van der Waals surface area contributed by atoms with E-state index in [1.54, 1.807) is 61.7 Å². The molecule has 178 valence electrons. The number of benzene rings is 2. The van der Waals surface area contributed by atoms with Crippen molar-refractivity contribution in [2.75, 3.05) is 13.7 Å². The highest BCUT2D eigenvalue weighted by atomic mass is 16.5. The van der Waals surface area contributed by atoms with Crippen molar-refractivity contribution in [3.05, 3.63) is 93.3 Å². The lowest BCUT2D eigenvalue weighted by molar-refractivity contribution is 0.311. The lowest BCUT2D eigenvalue weighted by Crippen LogP contribution is -2.40. The van der Waals surface area contributed by atoms with E-state index in [9.17, 15) is 9.59 Å². The summed E-state index contributed by atoms with van der Waals surface area (Å²) < 4.78 is 24.3. The number of furan rings is 1. The zero-order valence-corrected chi connectivity index (χ0v) is 19.1. The maximum Gasteiger partial charge on any atom is 0.332 e. The molecule has 3 aromatic heterocycles. The zero-order valence-electron chi connectivity index (χ0n) is 19.1. The topological polar surface area (TPSA) is 115 Å². The first-order valence-corrected chi connectivity index (χ1v) is 11.0. The quantitative estimate of drug-likeness (QED) is 0.336. The van der Waals surface area contributed by atoms with Crippen molar-refractivity contribution < 1.29 is 18.4 Å². The van der Waals surface area contributed by atoms with Gasteiger partial charge in [0.05, 0.1) is 37.4 Å². The summed E-state index contributed by atoms with van der Waals surface area (Å²) in [6.45, 7) is 2.39. The van der Waals surface area contributed by atoms with Crippen LogP contribution in [0.3, 0.4) is 0 Å². The van der Waals surface area contributed by atoms with E-state index in [4.69, 9.17) is 18.4 Å². The molecule has 5 aromatic rings. The molecule has 0 radical (unpaired) electrons. The normalized spacial score (nSPS) is 11.1. The van der Waals surface area contributed by atoms with Gasteiger partial charge in [0.25, 0.3) is 5.56 Å². The number of rotatable bonds is 8. The van der Waals surface area contributed by atoms with Crippen LogP contribution >= 0.6 is 0 Å². The Morgan fingerprint density at radius 1 is 0.971 bits per heavy atom. The second-order valence-electron chi connectivity index (χ2n) is 7.67. The van der Waals surface area contributed by atoms with Gasteiger partial charge in [-0.3, -0.25) is 13.9 Å². The van der Waals surface area contributed by atoms with Crippen molar-refractivity contribution in [1.82, 2.24) is 19.3 Å². The van der Waals surface area contributed by atoms with Gasteiger partial charge in [-0.25, -0.2) is 4.79 Å². The summed E-state index contributed by atoms with van der Waals surface area (Å²) in [4.78, 5) is 30.9. The van der Waals surface area contributed by atoms with E-state index in [1.165, 1.54) is 10.8 Å². The first-order chi connectivity index (χ1) is 17.1. The van der Waals surface area contributed by atoms with E-state index in [-0.39, 0.29) is 19.0 Å². The fraction of sp³-hybridized carbons (Fsp3) is 0.200. The van der Waals surface area contributed by atoms with Gasteiger partial charge in [-0.05, 0) is 49.4 Å². The number of para-hydroxylation sites is 1. The lowest BCUT2D eigenvalue weighted by atomic mass is 10.2. The summed E-state index contributed by atoms with van der Waals surface area (Å²) >= 11 is 0. The molecule has 0 aliphatic carbocycles. The van der Waals surface area contributed by atoms with E-state index in [2.05, 4.69) is 10.1 Å². The molecular weight excluding hydrogens is 452 g/mol. The fourth-order valence-corrected chi connectivity index (χ4v) is 3.87. The van der Waals surface area contributed by atoms with E-state index >= 15 is 0 Å². The maximum absolute atomic E-state index is 13.4. The molecule has 0 saturated heterocycles. The summed E-state index contributed by atoms with van der Waals surface area (Å²) in [7, 11) is 1.55. The van der Waals surface area contributed by atoms with Crippen LogP contribution in [0.15, 0.2) is 79.4 Å². The van der Waals surface area contributed by atoms with E-state index < -0.39 is 11.2 Å². The van der Waals surface area contributed by atoms with Gasteiger partial charge in [-0.15, -0.1) is 0 Å². The number of ether oxygens (including phenoxy) is 2. The molecule has 0 atom stereocenters. The van der Waals surface area contributed by atoms with Crippen LogP contribution in [-0.4, -0.2) is 33.0 Å². The highest BCUT2D eigenvalue weighted by Crippen LogP contribution is 2.31. The minimum absolute atomic E-state index is 0.0105. The average molecular weight is 474 g/mol. The van der Waals surface area contributed by atoms with Gasteiger partial charge >= 0.3 is 5.69 Å². The Labute approximate surface area is 198 Å². The minimum atomic E-state index is -0.507. The second kappa shape index (κ2) is 9.34. The van der Waals surface area contributed by atoms with Gasteiger partial charge in [0.1, 0.15) is 12.3 Å². The predicted octanol–water partition coefficient (Wildman–Crippen LogP) is 3.31. The SMILES string of the molecule is CCOc1ccc(-c2noc(Cn3c(=O)n(Cc4ccco4)c(=O)c4ccccc43)n2)cc1OC. The predicted molar refractivity (Wildman–Crippen MR) is 127 cm³/mol. The highest BCUT2D eigenvalue weighted by Gasteiger charge is 2.18. The number of fused-ring (bicyclic) bond motifs is 1. The van der Waals surface area contributed by atoms with E-state index in [0.717, 1.165) is 4.57 Å². The number of methoxy groups -OCH3 is 1. The Morgan fingerprint density at radius 2 is 1.83 bits per heavy atom. The molecule has 0 fully saturated rings. The molecule has 0 amide bonds. The van der Waals surface area contributed by atoms with Gasteiger partial charge < -0.3 is 18.4 Å². The largest absolute Gasteiger partial charge is 0.493 e. The van der Waals surface area contributed by atoms with Crippen LogP contribution in [0.4, 0.5) is 0 Å². The molecule has 5 rings (SSSR count). The molecule has 10 heteroatoms. The number of hydrogen-bond acceptors (Lipinski definition) is 8. The Hall–Kier alpha value is -4.60. The van der Waals surface area contributed by atoms with Crippen molar-refractivity contribution >= 4 is 10.9 Å². The average Bonchev–Trinajstić information content (AvgIpc) is 3.57. The van der Waals surface area contributed by atoms with Gasteiger partial charge in [0.15, 0.2) is 11.5 Å². The van der Waals surface area contributed by atoms with Crippen LogP contribution in [0.25, 0.3) is 22.3 Å². The summed E-state index contributed by atoms with van der Waals surface area (Å²) in [5, 5.41) is 4.46. The van der Waals surface area contributed by atoms with Crippen LogP contribution in [0, 0.1) is 0 Å². The number of nitrogens with zero attached hydrogens (tertiary/aromatic N) is 4. The third-order valence-electron chi connectivity index (χ3n) is 5.51. The lowest BCUT2D eigenvalue weighted by Gasteiger charge is -2.12. The summed E-state index contributed by atoms with van der Waals surface area (Å²) in [5.74, 6) is 2.20. The summed E-state index contributed by atoms with van der Waals surface area (Å²) in [5.41, 5.74) is 0.236.